The van der Waals surface area contributed by atoms with Crippen LogP contribution in [0.15, 0.2) is 24.4 Å². The number of nitrogens with zero attached hydrogens (tertiary/aromatic N) is 2. The lowest BCUT2D eigenvalue weighted by atomic mass is 10.2. The minimum atomic E-state index is -0.413. The minimum absolute atomic E-state index is 0.413. The van der Waals surface area contributed by atoms with E-state index >= 15 is 0 Å². The molecule has 0 aliphatic rings. The van der Waals surface area contributed by atoms with Crippen LogP contribution in [0, 0.1) is 6.92 Å². The summed E-state index contributed by atoms with van der Waals surface area (Å²) in [6, 6.07) is 5.37. The van der Waals surface area contributed by atoms with Gasteiger partial charge >= 0.3 is 5.97 Å². The van der Waals surface area contributed by atoms with Crippen LogP contribution in [0.5, 0.6) is 11.5 Å². The summed E-state index contributed by atoms with van der Waals surface area (Å²) < 4.78 is 16.7. The first-order chi connectivity index (χ1) is 9.58. The van der Waals surface area contributed by atoms with Crippen molar-refractivity contribution in [3.05, 3.63) is 35.7 Å². The molecule has 0 N–H and O–H groups in total. The Bertz CT molecular complexity index is 612. The summed E-state index contributed by atoms with van der Waals surface area (Å²) in [5.74, 6) is 0.878. The Hall–Kier alpha value is -2.50. The number of aromatic nitrogens is 2. The highest BCUT2D eigenvalue weighted by Crippen LogP contribution is 2.25. The van der Waals surface area contributed by atoms with Crippen molar-refractivity contribution >= 4 is 5.97 Å². The second-order valence-corrected chi connectivity index (χ2v) is 4.14. The van der Waals surface area contributed by atoms with E-state index in [0.717, 1.165) is 5.69 Å². The molecule has 0 aliphatic heterocycles. The van der Waals surface area contributed by atoms with Gasteiger partial charge in [0.1, 0.15) is 17.1 Å². The number of aryl methyl sites for hydroxylation is 1. The van der Waals surface area contributed by atoms with Gasteiger partial charge in [-0.05, 0) is 6.92 Å². The molecule has 0 unspecified atom stereocenters. The summed E-state index contributed by atoms with van der Waals surface area (Å²) in [4.78, 5) is 11.6. The molecule has 0 atom stereocenters. The van der Waals surface area contributed by atoms with Gasteiger partial charge in [0.15, 0.2) is 0 Å². The predicted octanol–water partition coefficient (Wildman–Crippen LogP) is 1.98. The second-order valence-electron chi connectivity index (χ2n) is 4.14. The summed E-state index contributed by atoms with van der Waals surface area (Å²) in [7, 11) is 4.49. The van der Waals surface area contributed by atoms with Crippen molar-refractivity contribution in [2.45, 2.75) is 6.92 Å². The van der Waals surface area contributed by atoms with Gasteiger partial charge in [0, 0.05) is 24.4 Å². The maximum absolute atomic E-state index is 11.6. The number of carbonyl (C=O) groups is 1. The molecule has 1 aromatic heterocycles. The Labute approximate surface area is 116 Å². The van der Waals surface area contributed by atoms with Gasteiger partial charge in [-0.1, -0.05) is 0 Å². The van der Waals surface area contributed by atoms with Crippen LogP contribution in [0.1, 0.15) is 16.1 Å². The van der Waals surface area contributed by atoms with E-state index in [4.69, 9.17) is 14.2 Å². The molecule has 0 fully saturated rings. The first kappa shape index (κ1) is 13.9. The number of rotatable bonds is 4. The molecule has 2 aromatic rings. The average Bonchev–Trinajstić information content (AvgIpc) is 2.87. The second kappa shape index (κ2) is 5.64. The molecule has 6 nitrogen and oxygen atoms in total. The zero-order chi connectivity index (χ0) is 14.7. The van der Waals surface area contributed by atoms with Crippen LogP contribution >= 0.6 is 0 Å². The zero-order valence-corrected chi connectivity index (χ0v) is 11.8. The predicted molar refractivity (Wildman–Crippen MR) is 72.7 cm³/mol. The number of hydrogen-bond donors (Lipinski definition) is 0. The van der Waals surface area contributed by atoms with E-state index in [1.165, 1.54) is 7.11 Å². The topological polar surface area (TPSA) is 62.6 Å². The maximum Gasteiger partial charge on any atom is 0.341 e. The van der Waals surface area contributed by atoms with E-state index in [2.05, 4.69) is 5.10 Å². The standard InChI is InChI=1S/C14H16N2O4/c1-9-13(14(17)20-4)8-16(15-9)10-5-11(18-2)7-12(6-10)19-3/h5-8H,1-4H3. The van der Waals surface area contributed by atoms with Gasteiger partial charge in [0.2, 0.25) is 0 Å². The van der Waals surface area contributed by atoms with Crippen LogP contribution < -0.4 is 9.47 Å². The van der Waals surface area contributed by atoms with Crippen LogP contribution in [0.2, 0.25) is 0 Å². The zero-order valence-electron chi connectivity index (χ0n) is 11.8. The molecule has 0 saturated heterocycles. The van der Waals surface area contributed by atoms with Gasteiger partial charge in [0.05, 0.1) is 32.7 Å². The number of esters is 1. The third-order valence-electron chi connectivity index (χ3n) is 2.90. The highest BCUT2D eigenvalue weighted by atomic mass is 16.5. The summed E-state index contributed by atoms with van der Waals surface area (Å²) >= 11 is 0. The van der Waals surface area contributed by atoms with Crippen molar-refractivity contribution in [3.8, 4) is 17.2 Å². The van der Waals surface area contributed by atoms with Crippen LogP contribution in [-0.4, -0.2) is 37.1 Å². The molecule has 0 amide bonds. The first-order valence-corrected chi connectivity index (χ1v) is 5.97. The van der Waals surface area contributed by atoms with Crippen molar-refractivity contribution in [2.24, 2.45) is 0 Å². The first-order valence-electron chi connectivity index (χ1n) is 5.97. The number of methoxy groups -OCH3 is 3. The summed E-state index contributed by atoms with van der Waals surface area (Å²) in [5.41, 5.74) is 1.76. The number of ether oxygens (including phenoxy) is 3. The van der Waals surface area contributed by atoms with Gasteiger partial charge in [0.25, 0.3) is 0 Å². The summed E-state index contributed by atoms with van der Waals surface area (Å²) in [6.07, 6.45) is 1.62. The van der Waals surface area contributed by atoms with E-state index in [0.29, 0.717) is 22.8 Å². The molecular weight excluding hydrogens is 260 g/mol. The highest BCUT2D eigenvalue weighted by Gasteiger charge is 2.15. The van der Waals surface area contributed by atoms with Gasteiger partial charge in [-0.3, -0.25) is 0 Å². The third-order valence-corrected chi connectivity index (χ3v) is 2.90. The van der Waals surface area contributed by atoms with Crippen molar-refractivity contribution in [3.63, 3.8) is 0 Å². The molecule has 6 heteroatoms. The molecule has 0 spiro atoms. The molecule has 0 saturated carbocycles. The van der Waals surface area contributed by atoms with Crippen molar-refractivity contribution in [1.82, 2.24) is 9.78 Å². The Morgan fingerprint density at radius 1 is 1.10 bits per heavy atom. The summed E-state index contributed by atoms with van der Waals surface area (Å²) in [6.45, 7) is 1.75. The largest absolute Gasteiger partial charge is 0.497 e. The number of benzene rings is 1. The quantitative estimate of drug-likeness (QED) is 0.799. The lowest BCUT2D eigenvalue weighted by Crippen LogP contribution is -2.01. The molecule has 2 rings (SSSR count). The van der Waals surface area contributed by atoms with Crippen LogP contribution in [0.3, 0.4) is 0 Å². The van der Waals surface area contributed by atoms with Gasteiger partial charge in [-0.2, -0.15) is 5.10 Å². The average molecular weight is 276 g/mol. The van der Waals surface area contributed by atoms with Gasteiger partial charge < -0.3 is 14.2 Å². The molecule has 0 radical (unpaired) electrons. The van der Waals surface area contributed by atoms with Gasteiger partial charge in [-0.15, -0.1) is 0 Å². The molecule has 20 heavy (non-hydrogen) atoms. The fraction of sp³-hybridized carbons (Fsp3) is 0.286. The molecular formula is C14H16N2O4. The number of hydrogen-bond acceptors (Lipinski definition) is 5. The lowest BCUT2D eigenvalue weighted by molar-refractivity contribution is 0.0600. The van der Waals surface area contributed by atoms with Gasteiger partial charge in [-0.25, -0.2) is 9.48 Å². The minimum Gasteiger partial charge on any atom is -0.497 e. The fourth-order valence-electron chi connectivity index (χ4n) is 1.83. The van der Waals surface area contributed by atoms with Crippen molar-refractivity contribution < 1.29 is 19.0 Å². The van der Waals surface area contributed by atoms with E-state index in [1.54, 1.807) is 50.2 Å². The number of carbonyl (C=O) groups excluding carboxylic acids is 1. The monoisotopic (exact) mass is 276 g/mol. The normalized spacial score (nSPS) is 10.2. The SMILES string of the molecule is COC(=O)c1cn(-c2cc(OC)cc(OC)c2)nc1C. The van der Waals surface area contributed by atoms with Crippen LogP contribution in [0.4, 0.5) is 0 Å². The molecule has 1 aromatic carbocycles. The van der Waals surface area contributed by atoms with E-state index in [1.807, 2.05) is 0 Å². The Morgan fingerprint density at radius 3 is 2.20 bits per heavy atom. The molecule has 0 aliphatic carbocycles. The lowest BCUT2D eigenvalue weighted by Gasteiger charge is -2.08. The highest BCUT2D eigenvalue weighted by molar-refractivity contribution is 5.90. The summed E-state index contributed by atoms with van der Waals surface area (Å²) in [5, 5.41) is 4.31. The van der Waals surface area contributed by atoms with E-state index < -0.39 is 5.97 Å². The molecule has 1 heterocycles. The van der Waals surface area contributed by atoms with E-state index in [9.17, 15) is 4.79 Å². The Kier molecular flexibility index (Phi) is 3.93. The Balaban J connectivity index is 2.48. The molecule has 0 bridgehead atoms. The third kappa shape index (κ3) is 2.59. The molecule has 106 valence electrons. The fourth-order valence-corrected chi connectivity index (χ4v) is 1.83. The van der Waals surface area contributed by atoms with Crippen LogP contribution in [0.25, 0.3) is 5.69 Å². The Morgan fingerprint density at radius 2 is 1.70 bits per heavy atom. The maximum atomic E-state index is 11.6. The van der Waals surface area contributed by atoms with Crippen LogP contribution in [-0.2, 0) is 4.74 Å². The smallest absolute Gasteiger partial charge is 0.341 e. The van der Waals surface area contributed by atoms with Crippen molar-refractivity contribution in [2.75, 3.05) is 21.3 Å². The van der Waals surface area contributed by atoms with E-state index in [-0.39, 0.29) is 0 Å². The van der Waals surface area contributed by atoms with Crippen molar-refractivity contribution in [1.29, 1.82) is 0 Å².